The molecule has 2 fully saturated rings. The van der Waals surface area contributed by atoms with Crippen LogP contribution in [-0.4, -0.2) is 75.8 Å². The van der Waals surface area contributed by atoms with Gasteiger partial charge in [-0.3, -0.25) is 4.99 Å². The van der Waals surface area contributed by atoms with Crippen LogP contribution >= 0.6 is 24.0 Å². The fourth-order valence-electron chi connectivity index (χ4n) is 3.22. The summed E-state index contributed by atoms with van der Waals surface area (Å²) in [5, 5.41) is 3.46. The summed E-state index contributed by atoms with van der Waals surface area (Å²) in [6, 6.07) is 0.594. The van der Waals surface area contributed by atoms with Gasteiger partial charge in [0.1, 0.15) is 0 Å². The molecule has 22 heavy (non-hydrogen) atoms. The molecule has 0 radical (unpaired) electrons. The van der Waals surface area contributed by atoms with E-state index < -0.39 is 0 Å². The Balaban J connectivity index is 0.00000242. The number of hydrogen-bond donors (Lipinski definition) is 1. The van der Waals surface area contributed by atoms with Crippen molar-refractivity contribution in [2.75, 3.05) is 54.0 Å². The van der Waals surface area contributed by atoms with Crippen molar-refractivity contribution in [3.63, 3.8) is 0 Å². The summed E-state index contributed by atoms with van der Waals surface area (Å²) < 4.78 is 5.29. The molecule has 0 aromatic heterocycles. The van der Waals surface area contributed by atoms with E-state index in [9.17, 15) is 0 Å². The molecule has 6 heteroatoms. The lowest BCUT2D eigenvalue weighted by molar-refractivity contribution is 0.157. The first-order chi connectivity index (χ1) is 10.2. The molecule has 2 rings (SSSR count). The van der Waals surface area contributed by atoms with E-state index in [2.05, 4.69) is 36.1 Å². The van der Waals surface area contributed by atoms with E-state index in [0.29, 0.717) is 12.0 Å². The van der Waals surface area contributed by atoms with Gasteiger partial charge in [0.2, 0.25) is 0 Å². The molecule has 0 amide bonds. The molecule has 0 bridgehead atoms. The van der Waals surface area contributed by atoms with Crippen molar-refractivity contribution >= 4 is 29.9 Å². The third kappa shape index (κ3) is 5.85. The monoisotopic (exact) mass is 424 g/mol. The van der Waals surface area contributed by atoms with Crippen LogP contribution in [0.3, 0.4) is 0 Å². The van der Waals surface area contributed by atoms with Crippen molar-refractivity contribution in [1.29, 1.82) is 0 Å². The van der Waals surface area contributed by atoms with E-state index >= 15 is 0 Å². The first kappa shape index (κ1) is 20.0. The third-order valence-corrected chi connectivity index (χ3v) is 4.58. The minimum Gasteiger partial charge on any atom is -0.384 e. The zero-order chi connectivity index (χ0) is 15.2. The second kappa shape index (κ2) is 9.93. The highest BCUT2D eigenvalue weighted by Crippen LogP contribution is 2.34. The van der Waals surface area contributed by atoms with Crippen LogP contribution in [-0.2, 0) is 4.74 Å². The second-order valence-electron chi connectivity index (χ2n) is 6.62. The van der Waals surface area contributed by atoms with Crippen LogP contribution < -0.4 is 5.32 Å². The summed E-state index contributed by atoms with van der Waals surface area (Å²) in [5.41, 5.74) is 0. The number of aliphatic imine (C=N–C) groups is 1. The number of nitrogens with one attached hydrogen (secondary N) is 1. The van der Waals surface area contributed by atoms with Crippen LogP contribution in [0.25, 0.3) is 0 Å². The first-order valence-corrected chi connectivity index (χ1v) is 8.34. The summed E-state index contributed by atoms with van der Waals surface area (Å²) in [5.74, 6) is 2.59. The molecule has 1 heterocycles. The number of nitrogens with zero attached hydrogens (tertiary/aromatic N) is 3. The highest BCUT2D eigenvalue weighted by molar-refractivity contribution is 14.0. The van der Waals surface area contributed by atoms with Crippen LogP contribution in [0.2, 0.25) is 0 Å². The van der Waals surface area contributed by atoms with Crippen LogP contribution in [0, 0.1) is 11.8 Å². The first-order valence-electron chi connectivity index (χ1n) is 8.34. The largest absolute Gasteiger partial charge is 0.384 e. The Morgan fingerprint density at radius 2 is 2.09 bits per heavy atom. The molecule has 0 aromatic rings. The van der Waals surface area contributed by atoms with Gasteiger partial charge in [0.05, 0.1) is 13.2 Å². The van der Waals surface area contributed by atoms with E-state index in [0.717, 1.165) is 44.7 Å². The van der Waals surface area contributed by atoms with Gasteiger partial charge in [0, 0.05) is 38.7 Å². The average Bonchev–Trinajstić information content (AvgIpc) is 3.17. The Morgan fingerprint density at radius 3 is 2.64 bits per heavy atom. The lowest BCUT2D eigenvalue weighted by atomic mass is 10.1. The maximum atomic E-state index is 5.29. The van der Waals surface area contributed by atoms with Crippen molar-refractivity contribution in [1.82, 2.24) is 15.1 Å². The minimum absolute atomic E-state index is 0. The van der Waals surface area contributed by atoms with E-state index in [4.69, 9.17) is 9.73 Å². The number of rotatable bonds is 7. The SMILES string of the molecule is CCNC(=NCC(C1CC1)N(C)C)N1CCC(COC)C1.I. The van der Waals surface area contributed by atoms with E-state index in [1.165, 1.54) is 19.3 Å². The van der Waals surface area contributed by atoms with Gasteiger partial charge in [-0.15, -0.1) is 24.0 Å². The normalized spacial score (nSPS) is 23.6. The van der Waals surface area contributed by atoms with E-state index in [1.807, 2.05) is 0 Å². The highest BCUT2D eigenvalue weighted by atomic mass is 127. The Labute approximate surface area is 152 Å². The van der Waals surface area contributed by atoms with Gasteiger partial charge in [-0.1, -0.05) is 0 Å². The van der Waals surface area contributed by atoms with Gasteiger partial charge < -0.3 is 19.9 Å². The number of methoxy groups -OCH3 is 1. The Morgan fingerprint density at radius 1 is 1.36 bits per heavy atom. The van der Waals surface area contributed by atoms with Crippen molar-refractivity contribution < 1.29 is 4.74 Å². The molecular formula is C16H33IN4O. The van der Waals surface area contributed by atoms with E-state index in [-0.39, 0.29) is 24.0 Å². The molecule has 5 nitrogen and oxygen atoms in total. The molecule has 130 valence electrons. The van der Waals surface area contributed by atoms with Crippen molar-refractivity contribution in [3.05, 3.63) is 0 Å². The predicted octanol–water partition coefficient (Wildman–Crippen LogP) is 1.88. The quantitative estimate of drug-likeness (QED) is 0.385. The van der Waals surface area contributed by atoms with Gasteiger partial charge in [0.25, 0.3) is 0 Å². The Kier molecular flexibility index (Phi) is 9.01. The molecule has 2 unspecified atom stereocenters. The third-order valence-electron chi connectivity index (χ3n) is 4.58. The summed E-state index contributed by atoms with van der Waals surface area (Å²) in [4.78, 5) is 9.65. The maximum absolute atomic E-state index is 5.29. The number of ether oxygens (including phenoxy) is 1. The number of likely N-dealkylation sites (N-methyl/N-ethyl adjacent to an activating group) is 1. The molecular weight excluding hydrogens is 391 g/mol. The summed E-state index contributed by atoms with van der Waals surface area (Å²) in [7, 11) is 6.14. The Bertz CT molecular complexity index is 345. The fraction of sp³-hybridized carbons (Fsp3) is 0.938. The van der Waals surface area contributed by atoms with Gasteiger partial charge >= 0.3 is 0 Å². The van der Waals surface area contributed by atoms with E-state index in [1.54, 1.807) is 7.11 Å². The number of likely N-dealkylation sites (tertiary alicyclic amines) is 1. The molecule has 1 aliphatic heterocycles. The van der Waals surface area contributed by atoms with Crippen LogP contribution in [0.15, 0.2) is 4.99 Å². The molecule has 1 saturated heterocycles. The highest BCUT2D eigenvalue weighted by Gasteiger charge is 2.32. The average molecular weight is 424 g/mol. The Hall–Kier alpha value is -0.0800. The van der Waals surface area contributed by atoms with Crippen LogP contribution in [0.5, 0.6) is 0 Å². The van der Waals surface area contributed by atoms with Crippen molar-refractivity contribution in [3.8, 4) is 0 Å². The summed E-state index contributed by atoms with van der Waals surface area (Å²) in [6.45, 7) is 7.00. The van der Waals surface area contributed by atoms with Crippen LogP contribution in [0.1, 0.15) is 26.2 Å². The predicted molar refractivity (Wildman–Crippen MR) is 103 cm³/mol. The van der Waals surface area contributed by atoms with Crippen LogP contribution in [0.4, 0.5) is 0 Å². The summed E-state index contributed by atoms with van der Waals surface area (Å²) in [6.07, 6.45) is 3.95. The molecule has 1 N–H and O–H groups in total. The maximum Gasteiger partial charge on any atom is 0.193 e. The minimum atomic E-state index is 0. The number of hydrogen-bond acceptors (Lipinski definition) is 3. The van der Waals surface area contributed by atoms with Crippen molar-refractivity contribution in [2.24, 2.45) is 16.8 Å². The number of guanidine groups is 1. The summed E-state index contributed by atoms with van der Waals surface area (Å²) >= 11 is 0. The molecule has 1 saturated carbocycles. The molecule has 2 atom stereocenters. The van der Waals surface area contributed by atoms with Gasteiger partial charge in [-0.2, -0.15) is 0 Å². The fourth-order valence-corrected chi connectivity index (χ4v) is 3.22. The molecule has 2 aliphatic rings. The zero-order valence-corrected chi connectivity index (χ0v) is 16.9. The van der Waals surface area contributed by atoms with Crippen molar-refractivity contribution in [2.45, 2.75) is 32.2 Å². The van der Waals surface area contributed by atoms with Gasteiger partial charge in [-0.25, -0.2) is 0 Å². The second-order valence-corrected chi connectivity index (χ2v) is 6.62. The molecule has 1 aliphatic carbocycles. The molecule has 0 spiro atoms. The topological polar surface area (TPSA) is 40.1 Å². The van der Waals surface area contributed by atoms with Gasteiger partial charge in [-0.05, 0) is 46.2 Å². The smallest absolute Gasteiger partial charge is 0.193 e. The number of halogens is 1. The zero-order valence-electron chi connectivity index (χ0n) is 14.5. The van der Waals surface area contributed by atoms with Gasteiger partial charge in [0.15, 0.2) is 5.96 Å². The standard InChI is InChI=1S/C16H32N4O.HI/c1-5-17-16(20-9-8-13(11-20)12-21-4)18-10-15(19(2)3)14-6-7-14;/h13-15H,5-12H2,1-4H3,(H,17,18);1H. The lowest BCUT2D eigenvalue weighted by Crippen LogP contribution is -2.42. The molecule has 0 aromatic carbocycles. The lowest BCUT2D eigenvalue weighted by Gasteiger charge is -2.25.